The number of carboxylic acids is 1. The van der Waals surface area contributed by atoms with Crippen LogP contribution in [0.1, 0.15) is 37.6 Å². The quantitative estimate of drug-likeness (QED) is 0.896. The molecular formula is C16H19NO2. The number of para-hydroxylation sites is 1. The van der Waals surface area contributed by atoms with Crippen LogP contribution in [0.25, 0.3) is 10.9 Å². The van der Waals surface area contributed by atoms with Crippen molar-refractivity contribution in [2.24, 2.45) is 0 Å². The maximum absolute atomic E-state index is 11.0. The molecule has 0 saturated heterocycles. The highest BCUT2D eigenvalue weighted by molar-refractivity contribution is 5.88. The van der Waals surface area contributed by atoms with Gasteiger partial charge in [-0.15, -0.1) is 0 Å². The minimum atomic E-state index is -0.811. The molecule has 0 aliphatic rings. The van der Waals surface area contributed by atoms with Crippen LogP contribution in [0.2, 0.25) is 0 Å². The molecule has 0 atom stereocenters. The molecule has 0 radical (unpaired) electrons. The van der Waals surface area contributed by atoms with Crippen LogP contribution < -0.4 is 0 Å². The number of hydrogen-bond acceptors (Lipinski definition) is 2. The molecule has 0 aliphatic heterocycles. The lowest BCUT2D eigenvalue weighted by Crippen LogP contribution is -2.15. The molecule has 2 aromatic rings. The van der Waals surface area contributed by atoms with E-state index in [-0.39, 0.29) is 11.8 Å². The number of rotatable bonds is 2. The average molecular weight is 257 g/mol. The van der Waals surface area contributed by atoms with Gasteiger partial charge < -0.3 is 5.11 Å². The Hall–Kier alpha value is -1.90. The fourth-order valence-corrected chi connectivity index (χ4v) is 2.16. The molecule has 3 heteroatoms. The van der Waals surface area contributed by atoms with Gasteiger partial charge in [0.1, 0.15) is 0 Å². The van der Waals surface area contributed by atoms with Gasteiger partial charge in [0.25, 0.3) is 0 Å². The average Bonchev–Trinajstić information content (AvgIpc) is 2.28. The van der Waals surface area contributed by atoms with Crippen LogP contribution in [0.4, 0.5) is 0 Å². The lowest BCUT2D eigenvalue weighted by Gasteiger charge is -2.20. The summed E-state index contributed by atoms with van der Waals surface area (Å²) in [6.45, 7) is 8.27. The third-order valence-electron chi connectivity index (χ3n) is 3.24. The normalized spacial score (nSPS) is 11.8. The second-order valence-electron chi connectivity index (χ2n) is 5.96. The lowest BCUT2D eigenvalue weighted by molar-refractivity contribution is -0.136. The molecule has 100 valence electrons. The van der Waals surface area contributed by atoms with E-state index in [1.54, 1.807) is 0 Å². The summed E-state index contributed by atoms with van der Waals surface area (Å²) in [4.78, 5) is 15.8. The number of benzene rings is 1. The monoisotopic (exact) mass is 257 g/mol. The summed E-state index contributed by atoms with van der Waals surface area (Å²) >= 11 is 0. The zero-order valence-electron chi connectivity index (χ0n) is 11.8. The minimum absolute atomic E-state index is 0.0333. The Labute approximate surface area is 113 Å². The number of nitrogens with zero attached hydrogens (tertiary/aromatic N) is 1. The van der Waals surface area contributed by atoms with Crippen molar-refractivity contribution in [1.82, 2.24) is 4.98 Å². The van der Waals surface area contributed by atoms with Crippen molar-refractivity contribution in [3.63, 3.8) is 0 Å². The highest BCUT2D eigenvalue weighted by Gasteiger charge is 2.19. The standard InChI is InChI=1S/C16H19NO2/c1-10-6-5-7-12-11(9-14(18)19)8-13(16(2,3)4)17-15(10)12/h5-8H,9H2,1-4H3,(H,18,19). The first-order valence-electron chi connectivity index (χ1n) is 6.40. The predicted octanol–water partition coefficient (Wildman–Crippen LogP) is 3.47. The zero-order chi connectivity index (χ0) is 14.2. The Bertz CT molecular complexity index is 639. The number of carbonyl (C=O) groups is 1. The van der Waals surface area contributed by atoms with E-state index in [0.29, 0.717) is 0 Å². The van der Waals surface area contributed by atoms with Crippen molar-refractivity contribution in [3.05, 3.63) is 41.1 Å². The summed E-state index contributed by atoms with van der Waals surface area (Å²) in [5.41, 5.74) is 3.67. The minimum Gasteiger partial charge on any atom is -0.481 e. The van der Waals surface area contributed by atoms with Crippen LogP contribution in [0.15, 0.2) is 24.3 Å². The van der Waals surface area contributed by atoms with E-state index in [0.717, 1.165) is 27.7 Å². The molecule has 0 saturated carbocycles. The third kappa shape index (κ3) is 2.75. The second kappa shape index (κ2) is 4.65. The number of aromatic nitrogens is 1. The zero-order valence-corrected chi connectivity index (χ0v) is 11.8. The molecule has 0 bridgehead atoms. The van der Waals surface area contributed by atoms with Gasteiger partial charge in [0.2, 0.25) is 0 Å². The highest BCUT2D eigenvalue weighted by atomic mass is 16.4. The predicted molar refractivity (Wildman–Crippen MR) is 76.5 cm³/mol. The van der Waals surface area contributed by atoms with Crippen molar-refractivity contribution in [1.29, 1.82) is 0 Å². The van der Waals surface area contributed by atoms with Crippen molar-refractivity contribution < 1.29 is 9.90 Å². The van der Waals surface area contributed by atoms with Crippen LogP contribution in [0.3, 0.4) is 0 Å². The first-order chi connectivity index (χ1) is 8.79. The van der Waals surface area contributed by atoms with Crippen LogP contribution in [-0.4, -0.2) is 16.1 Å². The third-order valence-corrected chi connectivity index (χ3v) is 3.24. The van der Waals surface area contributed by atoms with Crippen molar-refractivity contribution in [2.75, 3.05) is 0 Å². The van der Waals surface area contributed by atoms with E-state index < -0.39 is 5.97 Å². The molecule has 2 rings (SSSR count). The van der Waals surface area contributed by atoms with Gasteiger partial charge in [-0.25, -0.2) is 0 Å². The van der Waals surface area contributed by atoms with E-state index in [4.69, 9.17) is 10.1 Å². The first-order valence-corrected chi connectivity index (χ1v) is 6.40. The summed E-state index contributed by atoms with van der Waals surface area (Å²) in [7, 11) is 0. The Morgan fingerprint density at radius 1 is 1.32 bits per heavy atom. The smallest absolute Gasteiger partial charge is 0.307 e. The van der Waals surface area contributed by atoms with E-state index in [2.05, 4.69) is 20.8 Å². The topological polar surface area (TPSA) is 50.2 Å². The molecule has 1 aromatic carbocycles. The van der Waals surface area contributed by atoms with Gasteiger partial charge in [-0.05, 0) is 24.1 Å². The van der Waals surface area contributed by atoms with Crippen molar-refractivity contribution >= 4 is 16.9 Å². The van der Waals surface area contributed by atoms with Gasteiger partial charge in [0, 0.05) is 16.5 Å². The molecule has 0 fully saturated rings. The Kier molecular flexibility index (Phi) is 3.31. The number of pyridine rings is 1. The van der Waals surface area contributed by atoms with Crippen molar-refractivity contribution in [2.45, 2.75) is 39.5 Å². The van der Waals surface area contributed by atoms with Gasteiger partial charge in [0.15, 0.2) is 0 Å². The summed E-state index contributed by atoms with van der Waals surface area (Å²) in [5, 5.41) is 10.0. The number of aliphatic carboxylic acids is 1. The van der Waals surface area contributed by atoms with Gasteiger partial charge in [-0.2, -0.15) is 0 Å². The second-order valence-corrected chi connectivity index (χ2v) is 5.96. The molecule has 1 heterocycles. The van der Waals surface area contributed by atoms with E-state index in [1.807, 2.05) is 31.2 Å². The number of aryl methyl sites for hydroxylation is 1. The largest absolute Gasteiger partial charge is 0.481 e. The molecule has 0 unspecified atom stereocenters. The summed E-state index contributed by atoms with van der Waals surface area (Å²) < 4.78 is 0. The summed E-state index contributed by atoms with van der Waals surface area (Å²) in [6, 6.07) is 7.82. The fourth-order valence-electron chi connectivity index (χ4n) is 2.16. The van der Waals surface area contributed by atoms with Gasteiger partial charge in [-0.3, -0.25) is 9.78 Å². The molecular weight excluding hydrogens is 238 g/mol. The lowest BCUT2D eigenvalue weighted by atomic mass is 9.89. The first kappa shape index (κ1) is 13.5. The molecule has 0 amide bonds. The van der Waals surface area contributed by atoms with Crippen LogP contribution in [0.5, 0.6) is 0 Å². The van der Waals surface area contributed by atoms with Crippen molar-refractivity contribution in [3.8, 4) is 0 Å². The van der Waals surface area contributed by atoms with E-state index in [9.17, 15) is 4.79 Å². The molecule has 19 heavy (non-hydrogen) atoms. The molecule has 1 N–H and O–H groups in total. The van der Waals surface area contributed by atoms with Crippen LogP contribution in [0, 0.1) is 6.92 Å². The summed E-state index contributed by atoms with van der Waals surface area (Å²) in [5.74, 6) is -0.811. The maximum atomic E-state index is 11.0. The van der Waals surface area contributed by atoms with Gasteiger partial charge in [0.05, 0.1) is 11.9 Å². The molecule has 1 aromatic heterocycles. The number of hydrogen-bond donors (Lipinski definition) is 1. The Morgan fingerprint density at radius 3 is 2.58 bits per heavy atom. The van der Waals surface area contributed by atoms with Gasteiger partial charge >= 0.3 is 5.97 Å². The van der Waals surface area contributed by atoms with E-state index in [1.165, 1.54) is 0 Å². The number of carboxylic acid groups (broad SMARTS) is 1. The summed E-state index contributed by atoms with van der Waals surface area (Å²) in [6.07, 6.45) is 0.0333. The van der Waals surface area contributed by atoms with E-state index >= 15 is 0 Å². The highest BCUT2D eigenvalue weighted by Crippen LogP contribution is 2.28. The molecule has 0 aliphatic carbocycles. The van der Waals surface area contributed by atoms with Crippen LogP contribution >= 0.6 is 0 Å². The van der Waals surface area contributed by atoms with Gasteiger partial charge in [-0.1, -0.05) is 39.0 Å². The Morgan fingerprint density at radius 2 is 2.00 bits per heavy atom. The maximum Gasteiger partial charge on any atom is 0.307 e. The Balaban J connectivity index is 2.76. The number of fused-ring (bicyclic) bond motifs is 1. The fraction of sp³-hybridized carbons (Fsp3) is 0.375. The van der Waals surface area contributed by atoms with Crippen LogP contribution in [-0.2, 0) is 16.6 Å². The SMILES string of the molecule is Cc1cccc2c(CC(=O)O)cc(C(C)(C)C)nc12. The molecule has 0 spiro atoms. The molecule has 3 nitrogen and oxygen atoms in total.